The smallest absolute Gasteiger partial charge is 0.362 e. The molecular weight excluding hydrogens is 799 g/mol. The highest BCUT2D eigenvalue weighted by Gasteiger charge is 2.31. The van der Waals surface area contributed by atoms with Gasteiger partial charge in [-0.15, -0.1) is 0 Å². The van der Waals surface area contributed by atoms with E-state index in [2.05, 4.69) is 98.9 Å². The second-order valence-corrected chi connectivity index (χ2v) is 18.1. The molecule has 0 fully saturated rings. The summed E-state index contributed by atoms with van der Waals surface area (Å²) in [4.78, 5) is 37.2. The molecular formula is C56H96NO7+. The number of quaternary nitrogens is 1. The van der Waals surface area contributed by atoms with E-state index in [0.717, 1.165) is 83.5 Å². The number of hydrogen-bond donors (Lipinski definition) is 1. The van der Waals surface area contributed by atoms with E-state index in [4.69, 9.17) is 14.2 Å². The van der Waals surface area contributed by atoms with E-state index in [1.165, 1.54) is 83.5 Å². The number of allylic oxidation sites excluding steroid dienone is 14. The second kappa shape index (κ2) is 46.1. The first-order chi connectivity index (χ1) is 31.1. The Bertz CT molecular complexity index is 1320. The summed E-state index contributed by atoms with van der Waals surface area (Å²) in [7, 11) is 5.52. The zero-order valence-electron chi connectivity index (χ0n) is 41.7. The Labute approximate surface area is 393 Å². The van der Waals surface area contributed by atoms with Crippen molar-refractivity contribution in [1.82, 2.24) is 0 Å². The molecule has 0 aromatic carbocycles. The molecule has 0 aliphatic rings. The normalized spacial score (nSPS) is 13.6. The molecule has 0 heterocycles. The van der Waals surface area contributed by atoms with Crippen LogP contribution in [0.4, 0.5) is 0 Å². The van der Waals surface area contributed by atoms with Gasteiger partial charge in [-0.05, 0) is 83.5 Å². The molecule has 0 saturated heterocycles. The number of carbonyl (C=O) groups excluding carboxylic acids is 2. The number of rotatable bonds is 45. The third-order valence-corrected chi connectivity index (χ3v) is 11.1. The van der Waals surface area contributed by atoms with Gasteiger partial charge >= 0.3 is 17.9 Å². The van der Waals surface area contributed by atoms with Gasteiger partial charge in [0.15, 0.2) is 12.1 Å². The van der Waals surface area contributed by atoms with E-state index in [9.17, 15) is 19.5 Å². The first-order valence-corrected chi connectivity index (χ1v) is 25.6. The van der Waals surface area contributed by atoms with Gasteiger partial charge < -0.3 is 23.8 Å². The Kier molecular flexibility index (Phi) is 43.5. The van der Waals surface area contributed by atoms with Crippen molar-refractivity contribution < 1.29 is 38.2 Å². The maximum Gasteiger partial charge on any atom is 0.362 e. The van der Waals surface area contributed by atoms with Crippen LogP contribution in [0.5, 0.6) is 0 Å². The molecule has 1 N–H and O–H groups in total. The van der Waals surface area contributed by atoms with Crippen molar-refractivity contribution in [3.05, 3.63) is 85.1 Å². The average molecular weight is 895 g/mol. The monoisotopic (exact) mass is 895 g/mol. The highest BCUT2D eigenvalue weighted by Crippen LogP contribution is 2.14. The van der Waals surface area contributed by atoms with Crippen LogP contribution < -0.4 is 0 Å². The van der Waals surface area contributed by atoms with Crippen LogP contribution >= 0.6 is 0 Å². The summed E-state index contributed by atoms with van der Waals surface area (Å²) in [6.45, 7) is 4.58. The largest absolute Gasteiger partial charge is 0.477 e. The molecule has 0 rings (SSSR count). The summed E-state index contributed by atoms with van der Waals surface area (Å²) >= 11 is 0. The molecule has 8 heteroatoms. The van der Waals surface area contributed by atoms with Crippen LogP contribution in [0.15, 0.2) is 85.1 Å². The van der Waals surface area contributed by atoms with E-state index in [0.29, 0.717) is 19.3 Å². The molecule has 0 spiro atoms. The molecule has 0 saturated carbocycles. The molecule has 64 heavy (non-hydrogen) atoms. The van der Waals surface area contributed by atoms with Crippen LogP contribution in [0, 0.1) is 0 Å². The third-order valence-electron chi connectivity index (χ3n) is 11.1. The van der Waals surface area contributed by atoms with Crippen molar-refractivity contribution in [3.8, 4) is 0 Å². The predicted octanol–water partition coefficient (Wildman–Crippen LogP) is 14.9. The number of esters is 2. The molecule has 0 aromatic heterocycles. The number of nitrogens with zero attached hydrogens (tertiary/aromatic N) is 1. The molecule has 0 amide bonds. The Balaban J connectivity index is 4.32. The number of carbonyl (C=O) groups is 3. The van der Waals surface area contributed by atoms with Crippen LogP contribution in [0.25, 0.3) is 0 Å². The zero-order chi connectivity index (χ0) is 47.0. The van der Waals surface area contributed by atoms with Crippen molar-refractivity contribution in [2.45, 2.75) is 212 Å². The minimum Gasteiger partial charge on any atom is -0.477 e. The Morgan fingerprint density at radius 2 is 0.922 bits per heavy atom. The van der Waals surface area contributed by atoms with E-state index in [1.807, 2.05) is 21.1 Å². The number of ether oxygens (including phenoxy) is 3. The van der Waals surface area contributed by atoms with Crippen LogP contribution in [0.1, 0.15) is 200 Å². The number of carboxylic acid groups (broad SMARTS) is 1. The summed E-state index contributed by atoms with van der Waals surface area (Å²) < 4.78 is 17.3. The minimum absolute atomic E-state index is 0.0472. The fraction of sp³-hybridized carbons (Fsp3) is 0.696. The van der Waals surface area contributed by atoms with Gasteiger partial charge in [0.2, 0.25) is 0 Å². The maximum absolute atomic E-state index is 12.8. The zero-order valence-corrected chi connectivity index (χ0v) is 41.7. The van der Waals surface area contributed by atoms with Gasteiger partial charge in [-0.25, -0.2) is 4.79 Å². The van der Waals surface area contributed by atoms with Gasteiger partial charge in [0, 0.05) is 19.3 Å². The van der Waals surface area contributed by atoms with Crippen molar-refractivity contribution in [2.75, 3.05) is 41.0 Å². The molecule has 0 bridgehead atoms. The van der Waals surface area contributed by atoms with Gasteiger partial charge in [-0.3, -0.25) is 9.59 Å². The molecule has 2 atom stereocenters. The predicted molar refractivity (Wildman–Crippen MR) is 270 cm³/mol. The summed E-state index contributed by atoms with van der Waals surface area (Å²) in [5.41, 5.74) is 0. The molecule has 0 radical (unpaired) electrons. The summed E-state index contributed by atoms with van der Waals surface area (Å²) in [5, 5.41) is 9.66. The lowest BCUT2D eigenvalue weighted by atomic mass is 10.1. The molecule has 366 valence electrons. The molecule has 0 aromatic rings. The standard InChI is InChI=1S/C56H95NO7/c1-6-8-10-12-14-16-18-20-22-24-26-28-30-32-34-36-38-40-42-44-46-54(58)63-51-52(50-62-49-48-53(56(60)61)57(3,4)5)64-55(59)47-45-43-41-39-37-35-33-31-29-27-25-23-21-19-17-15-13-11-9-7-2/h8,10,14,16-17,19-23,26,28,32,34,52-53H,6-7,9,11-13,15,18,24-25,27,29-31,33,35-51H2,1-5H3/p+1/b10-8+,16-14+,19-17+,22-20+,23-21+,28-26+,34-32+. The fourth-order valence-electron chi connectivity index (χ4n) is 7.11. The second-order valence-electron chi connectivity index (χ2n) is 18.1. The molecule has 8 nitrogen and oxygen atoms in total. The lowest BCUT2D eigenvalue weighted by Crippen LogP contribution is -2.50. The highest BCUT2D eigenvalue weighted by atomic mass is 16.6. The fourth-order valence-corrected chi connectivity index (χ4v) is 7.11. The maximum atomic E-state index is 12.8. The van der Waals surface area contributed by atoms with E-state index in [1.54, 1.807) is 0 Å². The Hall–Kier alpha value is -3.49. The van der Waals surface area contributed by atoms with Gasteiger partial charge in [-0.1, -0.05) is 182 Å². The third kappa shape index (κ3) is 43.7. The minimum atomic E-state index is -0.881. The molecule has 0 aliphatic carbocycles. The number of likely N-dealkylation sites (N-methyl/N-ethyl adjacent to an activating group) is 1. The van der Waals surface area contributed by atoms with Crippen molar-refractivity contribution in [3.63, 3.8) is 0 Å². The molecule has 0 aliphatic heterocycles. The van der Waals surface area contributed by atoms with Crippen LogP contribution in [0.2, 0.25) is 0 Å². The number of hydrogen-bond acceptors (Lipinski definition) is 6. The number of aliphatic carboxylic acids is 1. The number of unbranched alkanes of at least 4 members (excludes halogenated alkanes) is 18. The lowest BCUT2D eigenvalue weighted by Gasteiger charge is -2.31. The van der Waals surface area contributed by atoms with Crippen molar-refractivity contribution in [1.29, 1.82) is 0 Å². The Morgan fingerprint density at radius 1 is 0.500 bits per heavy atom. The average Bonchev–Trinajstić information content (AvgIpc) is 3.26. The van der Waals surface area contributed by atoms with Crippen molar-refractivity contribution in [2.24, 2.45) is 0 Å². The first kappa shape index (κ1) is 60.5. The van der Waals surface area contributed by atoms with E-state index in [-0.39, 0.29) is 36.2 Å². The van der Waals surface area contributed by atoms with Gasteiger partial charge in [0.25, 0.3) is 0 Å². The van der Waals surface area contributed by atoms with Gasteiger partial charge in [-0.2, -0.15) is 0 Å². The van der Waals surface area contributed by atoms with Crippen molar-refractivity contribution >= 4 is 17.9 Å². The van der Waals surface area contributed by atoms with E-state index < -0.39 is 18.1 Å². The van der Waals surface area contributed by atoms with Crippen LogP contribution in [0.3, 0.4) is 0 Å². The van der Waals surface area contributed by atoms with Gasteiger partial charge in [0.1, 0.15) is 6.61 Å². The van der Waals surface area contributed by atoms with Crippen LogP contribution in [-0.2, 0) is 28.6 Å². The summed E-state index contributed by atoms with van der Waals surface area (Å²) in [5.74, 6) is -1.51. The molecule has 2 unspecified atom stereocenters. The van der Waals surface area contributed by atoms with Gasteiger partial charge in [0.05, 0.1) is 34.4 Å². The first-order valence-electron chi connectivity index (χ1n) is 25.6. The SMILES string of the molecule is CC/C=C/C/C=C/C/C=C/C/C=C/C/C=C/CCCCCCC(=O)OCC(COCCC(C(=O)O)[N+](C)(C)C)OC(=O)CCCCCCCCCCCC/C=C/C=C/CCCCCC. The Morgan fingerprint density at radius 3 is 1.39 bits per heavy atom. The van der Waals surface area contributed by atoms with E-state index >= 15 is 0 Å². The van der Waals surface area contributed by atoms with Crippen LogP contribution in [-0.4, -0.2) is 80.6 Å². The number of carboxylic acids is 1. The quantitative estimate of drug-likeness (QED) is 0.0214. The summed E-state index contributed by atoms with van der Waals surface area (Å²) in [6, 6.07) is -0.624. The lowest BCUT2D eigenvalue weighted by molar-refractivity contribution is -0.887. The summed E-state index contributed by atoms with van der Waals surface area (Å²) in [6.07, 6.45) is 60.5. The topological polar surface area (TPSA) is 99.1 Å². The highest BCUT2D eigenvalue weighted by molar-refractivity contribution is 5.72.